The largest absolute Gasteiger partial charge is 0.322 e. The van der Waals surface area contributed by atoms with E-state index in [-0.39, 0.29) is 6.04 Å². The van der Waals surface area contributed by atoms with Crippen molar-refractivity contribution in [3.63, 3.8) is 0 Å². The van der Waals surface area contributed by atoms with E-state index in [2.05, 4.69) is 25.9 Å². The van der Waals surface area contributed by atoms with Crippen LogP contribution in [-0.2, 0) is 0 Å². The lowest BCUT2D eigenvalue weighted by Crippen LogP contribution is -2.08. The second-order valence-corrected chi connectivity index (χ2v) is 2.96. The van der Waals surface area contributed by atoms with Gasteiger partial charge in [0, 0.05) is 12.4 Å². The number of halogens is 1. The maximum Gasteiger partial charge on any atom is 0.144 e. The van der Waals surface area contributed by atoms with Gasteiger partial charge in [-0.15, -0.1) is 0 Å². The monoisotopic (exact) mass is 201 g/mol. The van der Waals surface area contributed by atoms with Crippen molar-refractivity contribution < 1.29 is 0 Å². The van der Waals surface area contributed by atoms with Gasteiger partial charge in [-0.2, -0.15) is 0 Å². The van der Waals surface area contributed by atoms with E-state index in [1.807, 2.05) is 6.92 Å². The Morgan fingerprint density at radius 1 is 1.50 bits per heavy atom. The first-order chi connectivity index (χ1) is 4.70. The maximum absolute atomic E-state index is 5.52. The molecule has 4 heteroatoms. The Kier molecular flexibility index (Phi) is 2.34. The number of rotatable bonds is 1. The van der Waals surface area contributed by atoms with Crippen LogP contribution >= 0.6 is 15.9 Å². The molecule has 54 valence electrons. The third kappa shape index (κ3) is 1.75. The number of nitrogens with two attached hydrogens (primary N) is 1. The highest BCUT2D eigenvalue weighted by Gasteiger charge is 1.99. The molecule has 0 aromatic carbocycles. The fourth-order valence-corrected chi connectivity index (χ4v) is 0.762. The molecule has 1 aromatic rings. The fourth-order valence-electron chi connectivity index (χ4n) is 0.557. The van der Waals surface area contributed by atoms with Crippen molar-refractivity contribution in [2.45, 2.75) is 13.0 Å². The molecule has 0 saturated carbocycles. The molecule has 1 atom stereocenters. The topological polar surface area (TPSA) is 51.8 Å². The Morgan fingerprint density at radius 2 is 2.00 bits per heavy atom. The molecule has 10 heavy (non-hydrogen) atoms. The Labute approximate surface area is 67.8 Å². The summed E-state index contributed by atoms with van der Waals surface area (Å²) in [5.74, 6) is 0.670. The minimum atomic E-state index is -0.0897. The summed E-state index contributed by atoms with van der Waals surface area (Å²) in [5, 5.41) is 0. The summed E-state index contributed by atoms with van der Waals surface area (Å²) < 4.78 is 0.872. The van der Waals surface area contributed by atoms with Gasteiger partial charge in [0.25, 0.3) is 0 Å². The lowest BCUT2D eigenvalue weighted by molar-refractivity contribution is 0.737. The Balaban J connectivity index is 2.89. The predicted octanol–water partition coefficient (Wildman–Crippen LogP) is 1.26. The molecule has 3 nitrogen and oxygen atoms in total. The van der Waals surface area contributed by atoms with Gasteiger partial charge in [0.2, 0.25) is 0 Å². The van der Waals surface area contributed by atoms with Crippen molar-refractivity contribution in [3.05, 3.63) is 22.7 Å². The van der Waals surface area contributed by atoms with Gasteiger partial charge in [0.1, 0.15) is 5.82 Å². The van der Waals surface area contributed by atoms with E-state index < -0.39 is 0 Å². The molecular weight excluding hydrogens is 194 g/mol. The molecule has 1 heterocycles. The standard InChI is InChI=1S/C6H8BrN3/c1-4(8)6-9-2-5(7)3-10-6/h2-4H,8H2,1H3. The van der Waals surface area contributed by atoms with Crippen LogP contribution in [0.5, 0.6) is 0 Å². The van der Waals surface area contributed by atoms with Crippen molar-refractivity contribution in [1.29, 1.82) is 0 Å². The van der Waals surface area contributed by atoms with Crippen molar-refractivity contribution in [2.24, 2.45) is 5.73 Å². The van der Waals surface area contributed by atoms with Crippen molar-refractivity contribution in [2.75, 3.05) is 0 Å². The summed E-state index contributed by atoms with van der Waals surface area (Å²) in [6.45, 7) is 1.85. The summed E-state index contributed by atoms with van der Waals surface area (Å²) >= 11 is 3.23. The van der Waals surface area contributed by atoms with Gasteiger partial charge in [-0.1, -0.05) is 0 Å². The van der Waals surface area contributed by atoms with Crippen molar-refractivity contribution in [1.82, 2.24) is 9.97 Å². The highest BCUT2D eigenvalue weighted by atomic mass is 79.9. The highest BCUT2D eigenvalue weighted by Crippen LogP contribution is 2.07. The Morgan fingerprint density at radius 3 is 2.40 bits per heavy atom. The van der Waals surface area contributed by atoms with Gasteiger partial charge in [0.15, 0.2) is 0 Å². The highest BCUT2D eigenvalue weighted by molar-refractivity contribution is 9.10. The smallest absolute Gasteiger partial charge is 0.144 e. The zero-order valence-electron chi connectivity index (χ0n) is 5.58. The van der Waals surface area contributed by atoms with E-state index >= 15 is 0 Å². The van der Waals surface area contributed by atoms with Crippen LogP contribution in [0.4, 0.5) is 0 Å². The molecule has 0 aliphatic carbocycles. The van der Waals surface area contributed by atoms with Crippen LogP contribution in [0.1, 0.15) is 18.8 Å². The second kappa shape index (κ2) is 3.07. The molecule has 2 N–H and O–H groups in total. The molecule has 1 unspecified atom stereocenters. The molecule has 0 amide bonds. The van der Waals surface area contributed by atoms with Crippen LogP contribution in [0.3, 0.4) is 0 Å². The quantitative estimate of drug-likeness (QED) is 0.745. The van der Waals surface area contributed by atoms with Crippen LogP contribution in [0.2, 0.25) is 0 Å². The van der Waals surface area contributed by atoms with E-state index in [0.29, 0.717) is 5.82 Å². The number of nitrogens with zero attached hydrogens (tertiary/aromatic N) is 2. The molecule has 1 rings (SSSR count). The molecule has 0 fully saturated rings. The third-order valence-electron chi connectivity index (χ3n) is 1.05. The molecule has 0 saturated heterocycles. The first kappa shape index (κ1) is 7.63. The van der Waals surface area contributed by atoms with Crippen LogP contribution in [-0.4, -0.2) is 9.97 Å². The van der Waals surface area contributed by atoms with Crippen LogP contribution in [0.25, 0.3) is 0 Å². The zero-order valence-corrected chi connectivity index (χ0v) is 7.17. The maximum atomic E-state index is 5.52. The minimum Gasteiger partial charge on any atom is -0.322 e. The van der Waals surface area contributed by atoms with Crippen LogP contribution in [0, 0.1) is 0 Å². The average molecular weight is 202 g/mol. The summed E-state index contributed by atoms with van der Waals surface area (Å²) in [7, 11) is 0. The van der Waals surface area contributed by atoms with Crippen molar-refractivity contribution in [3.8, 4) is 0 Å². The molecule has 0 radical (unpaired) electrons. The summed E-state index contributed by atoms with van der Waals surface area (Å²) in [5.41, 5.74) is 5.52. The normalized spacial score (nSPS) is 13.1. The van der Waals surface area contributed by atoms with E-state index in [9.17, 15) is 0 Å². The molecule has 0 bridgehead atoms. The van der Waals surface area contributed by atoms with Gasteiger partial charge in [-0.3, -0.25) is 0 Å². The van der Waals surface area contributed by atoms with E-state index in [0.717, 1.165) is 4.47 Å². The van der Waals surface area contributed by atoms with E-state index in [1.54, 1.807) is 12.4 Å². The van der Waals surface area contributed by atoms with Gasteiger partial charge < -0.3 is 5.73 Å². The van der Waals surface area contributed by atoms with Gasteiger partial charge in [-0.25, -0.2) is 9.97 Å². The predicted molar refractivity (Wildman–Crippen MR) is 42.3 cm³/mol. The lowest BCUT2D eigenvalue weighted by atomic mass is 10.3. The first-order valence-corrected chi connectivity index (χ1v) is 3.72. The molecule has 0 spiro atoms. The van der Waals surface area contributed by atoms with Crippen LogP contribution < -0.4 is 5.73 Å². The first-order valence-electron chi connectivity index (χ1n) is 2.93. The number of hydrogen-bond donors (Lipinski definition) is 1. The molecule has 0 aliphatic heterocycles. The van der Waals surface area contributed by atoms with Gasteiger partial charge in [0.05, 0.1) is 10.5 Å². The van der Waals surface area contributed by atoms with E-state index in [1.165, 1.54) is 0 Å². The Hall–Kier alpha value is -0.480. The summed E-state index contributed by atoms with van der Waals surface area (Å²) in [6.07, 6.45) is 3.37. The molecule has 1 aromatic heterocycles. The van der Waals surface area contributed by atoms with E-state index in [4.69, 9.17) is 5.73 Å². The van der Waals surface area contributed by atoms with Crippen molar-refractivity contribution >= 4 is 15.9 Å². The molecule has 0 aliphatic rings. The Bertz CT molecular complexity index is 207. The van der Waals surface area contributed by atoms with Gasteiger partial charge >= 0.3 is 0 Å². The third-order valence-corrected chi connectivity index (χ3v) is 1.46. The van der Waals surface area contributed by atoms with Crippen LogP contribution in [0.15, 0.2) is 16.9 Å². The SMILES string of the molecule is CC(N)c1ncc(Br)cn1. The number of aromatic nitrogens is 2. The molecular formula is C6H8BrN3. The fraction of sp³-hybridized carbons (Fsp3) is 0.333. The minimum absolute atomic E-state index is 0.0897. The average Bonchev–Trinajstić information content (AvgIpc) is 1.88. The summed E-state index contributed by atoms with van der Waals surface area (Å²) in [4.78, 5) is 7.99. The zero-order chi connectivity index (χ0) is 7.56. The van der Waals surface area contributed by atoms with Gasteiger partial charge in [-0.05, 0) is 22.9 Å². The summed E-state index contributed by atoms with van der Waals surface area (Å²) in [6, 6.07) is -0.0897. The lowest BCUT2D eigenvalue weighted by Gasteiger charge is -2.00. The second-order valence-electron chi connectivity index (χ2n) is 2.05. The number of hydrogen-bond acceptors (Lipinski definition) is 3.